The molecule has 0 fully saturated rings. The lowest BCUT2D eigenvalue weighted by Crippen LogP contribution is -2.32. The zero-order chi connectivity index (χ0) is 21.9. The minimum Gasteiger partial charge on any atom is -0.496 e. The minimum absolute atomic E-state index is 0.0754. The Labute approximate surface area is 180 Å². The number of nitrogens with one attached hydrogen (secondary N) is 2. The van der Waals surface area contributed by atoms with E-state index in [1.807, 2.05) is 64.3 Å². The third-order valence-electron chi connectivity index (χ3n) is 4.61. The molecule has 0 amide bonds. The van der Waals surface area contributed by atoms with Gasteiger partial charge < -0.3 is 29.7 Å². The molecule has 2 aromatic rings. The molecule has 7 heteroatoms. The van der Waals surface area contributed by atoms with Crippen molar-refractivity contribution in [2.45, 2.75) is 19.9 Å². The summed E-state index contributed by atoms with van der Waals surface area (Å²) in [5.41, 5.74) is 1.97. The summed E-state index contributed by atoms with van der Waals surface area (Å²) in [6, 6.07) is 13.9. The van der Waals surface area contributed by atoms with E-state index in [0.29, 0.717) is 24.9 Å². The fourth-order valence-electron chi connectivity index (χ4n) is 3.12. The van der Waals surface area contributed by atoms with Crippen LogP contribution in [0.1, 0.15) is 25.5 Å². The highest BCUT2D eigenvalue weighted by atomic mass is 16.5. The summed E-state index contributed by atoms with van der Waals surface area (Å²) in [5.74, 6) is 2.96. The predicted molar refractivity (Wildman–Crippen MR) is 123 cm³/mol. The molecular formula is C23H34N4O3. The van der Waals surface area contributed by atoms with Gasteiger partial charge in [0.15, 0.2) is 17.5 Å². The van der Waals surface area contributed by atoms with Crippen molar-refractivity contribution >= 4 is 11.6 Å². The monoisotopic (exact) mass is 414 g/mol. The number of hydrogen-bond acceptors (Lipinski definition) is 5. The van der Waals surface area contributed by atoms with E-state index in [1.54, 1.807) is 14.2 Å². The highest BCUT2D eigenvalue weighted by Crippen LogP contribution is 2.30. The Bertz CT molecular complexity index is 824. The fourth-order valence-corrected chi connectivity index (χ4v) is 3.12. The zero-order valence-corrected chi connectivity index (χ0v) is 18.9. The highest BCUT2D eigenvalue weighted by Gasteiger charge is 2.18. The standard InChI is InChI=1S/C23H34N4O3/c1-7-24-23(26-17-13-14-21(30-8-2)22(15-17)29-6)25-16-19(27(3)4)18-11-9-10-12-20(18)28-5/h9-15,19H,7-8,16H2,1-6H3,(H2,24,25,26). The molecule has 0 aliphatic rings. The first kappa shape index (κ1) is 23.3. The zero-order valence-electron chi connectivity index (χ0n) is 18.9. The minimum atomic E-state index is 0.0754. The molecule has 7 nitrogen and oxygen atoms in total. The van der Waals surface area contributed by atoms with E-state index in [0.717, 1.165) is 29.3 Å². The molecule has 0 spiro atoms. The Hall–Kier alpha value is -2.93. The van der Waals surface area contributed by atoms with Gasteiger partial charge in [0.25, 0.3) is 0 Å². The van der Waals surface area contributed by atoms with E-state index in [9.17, 15) is 0 Å². The van der Waals surface area contributed by atoms with E-state index in [2.05, 4.69) is 21.6 Å². The lowest BCUT2D eigenvalue weighted by atomic mass is 10.0. The first-order chi connectivity index (χ1) is 14.5. The number of hydrogen-bond donors (Lipinski definition) is 2. The Morgan fingerprint density at radius 3 is 2.37 bits per heavy atom. The summed E-state index contributed by atoms with van der Waals surface area (Å²) in [7, 11) is 7.42. The van der Waals surface area contributed by atoms with Crippen molar-refractivity contribution in [3.63, 3.8) is 0 Å². The average Bonchev–Trinajstić information content (AvgIpc) is 2.75. The van der Waals surface area contributed by atoms with Crippen molar-refractivity contribution in [3.8, 4) is 17.2 Å². The summed E-state index contributed by atoms with van der Waals surface area (Å²) >= 11 is 0. The van der Waals surface area contributed by atoms with Gasteiger partial charge in [-0.05, 0) is 46.1 Å². The fraction of sp³-hybridized carbons (Fsp3) is 0.435. The smallest absolute Gasteiger partial charge is 0.195 e. The van der Waals surface area contributed by atoms with E-state index < -0.39 is 0 Å². The van der Waals surface area contributed by atoms with Crippen LogP contribution in [-0.2, 0) is 0 Å². The van der Waals surface area contributed by atoms with Gasteiger partial charge in [-0.2, -0.15) is 0 Å². The second kappa shape index (κ2) is 11.9. The number of rotatable bonds is 10. The van der Waals surface area contributed by atoms with Crippen molar-refractivity contribution in [1.29, 1.82) is 0 Å². The SMILES string of the molecule is CCNC(=NCC(c1ccccc1OC)N(C)C)Nc1ccc(OCC)c(OC)c1. The number of para-hydroxylation sites is 1. The Balaban J connectivity index is 2.24. The Morgan fingerprint density at radius 2 is 1.73 bits per heavy atom. The van der Waals surface area contributed by atoms with Gasteiger partial charge in [-0.3, -0.25) is 4.99 Å². The lowest BCUT2D eigenvalue weighted by Gasteiger charge is -2.25. The van der Waals surface area contributed by atoms with Crippen molar-refractivity contribution in [2.75, 3.05) is 53.3 Å². The van der Waals surface area contributed by atoms with Gasteiger partial charge in [0.05, 0.1) is 33.4 Å². The van der Waals surface area contributed by atoms with Crippen molar-refractivity contribution < 1.29 is 14.2 Å². The molecule has 30 heavy (non-hydrogen) atoms. The van der Waals surface area contributed by atoms with Crippen molar-refractivity contribution in [1.82, 2.24) is 10.2 Å². The van der Waals surface area contributed by atoms with E-state index in [1.165, 1.54) is 0 Å². The maximum Gasteiger partial charge on any atom is 0.195 e. The van der Waals surface area contributed by atoms with Crippen LogP contribution in [0.25, 0.3) is 0 Å². The van der Waals surface area contributed by atoms with E-state index >= 15 is 0 Å². The third kappa shape index (κ3) is 6.29. The first-order valence-corrected chi connectivity index (χ1v) is 10.2. The Kier molecular flexibility index (Phi) is 9.28. The number of nitrogens with zero attached hydrogens (tertiary/aromatic N) is 2. The van der Waals surface area contributed by atoms with Crippen molar-refractivity contribution in [3.05, 3.63) is 48.0 Å². The third-order valence-corrected chi connectivity index (χ3v) is 4.61. The average molecular weight is 415 g/mol. The molecule has 0 aliphatic carbocycles. The van der Waals surface area contributed by atoms with Crippen LogP contribution in [0.5, 0.6) is 17.2 Å². The van der Waals surface area contributed by atoms with Crippen LogP contribution in [0.15, 0.2) is 47.5 Å². The van der Waals surface area contributed by atoms with Gasteiger partial charge in [-0.1, -0.05) is 18.2 Å². The van der Waals surface area contributed by atoms with E-state index in [4.69, 9.17) is 19.2 Å². The molecule has 2 N–H and O–H groups in total. The lowest BCUT2D eigenvalue weighted by molar-refractivity contribution is 0.295. The first-order valence-electron chi connectivity index (χ1n) is 10.2. The summed E-state index contributed by atoms with van der Waals surface area (Å²) in [6.07, 6.45) is 0. The number of likely N-dealkylation sites (N-methyl/N-ethyl adjacent to an activating group) is 1. The maximum absolute atomic E-state index is 5.60. The van der Waals surface area contributed by atoms with Crippen molar-refractivity contribution in [2.24, 2.45) is 4.99 Å². The van der Waals surface area contributed by atoms with Gasteiger partial charge in [0, 0.05) is 23.9 Å². The topological polar surface area (TPSA) is 67.4 Å². The molecule has 0 saturated carbocycles. The molecule has 1 atom stereocenters. The summed E-state index contributed by atoms with van der Waals surface area (Å²) in [6.45, 7) is 5.89. The van der Waals surface area contributed by atoms with Crippen LogP contribution in [-0.4, -0.2) is 58.9 Å². The normalized spacial score (nSPS) is 12.4. The molecule has 1 unspecified atom stereocenters. The molecule has 2 rings (SSSR count). The summed E-state index contributed by atoms with van der Waals surface area (Å²) < 4.78 is 16.6. The van der Waals surface area contributed by atoms with Crippen LogP contribution in [0, 0.1) is 0 Å². The number of guanidine groups is 1. The molecule has 0 aliphatic heterocycles. The second-order valence-electron chi connectivity index (χ2n) is 6.86. The summed E-state index contributed by atoms with van der Waals surface area (Å²) in [5, 5.41) is 6.65. The highest BCUT2D eigenvalue weighted by molar-refractivity contribution is 5.94. The molecule has 0 saturated heterocycles. The number of methoxy groups -OCH3 is 2. The number of aliphatic imine (C=N–C) groups is 1. The quantitative estimate of drug-likeness (QED) is 0.456. The molecule has 0 aromatic heterocycles. The van der Waals surface area contributed by atoms with Gasteiger partial charge >= 0.3 is 0 Å². The van der Waals surface area contributed by atoms with Gasteiger partial charge in [0.2, 0.25) is 0 Å². The Morgan fingerprint density at radius 1 is 1.00 bits per heavy atom. The predicted octanol–water partition coefficient (Wildman–Crippen LogP) is 3.78. The van der Waals surface area contributed by atoms with Gasteiger partial charge in [-0.25, -0.2) is 0 Å². The number of ether oxygens (including phenoxy) is 3. The molecule has 0 radical (unpaired) electrons. The molecule has 0 heterocycles. The molecule has 2 aromatic carbocycles. The number of anilines is 1. The van der Waals surface area contributed by atoms with Crippen LogP contribution in [0.4, 0.5) is 5.69 Å². The van der Waals surface area contributed by atoms with E-state index in [-0.39, 0.29) is 6.04 Å². The summed E-state index contributed by atoms with van der Waals surface area (Å²) in [4.78, 5) is 6.97. The number of benzene rings is 2. The van der Waals surface area contributed by atoms with Crippen LogP contribution >= 0.6 is 0 Å². The van der Waals surface area contributed by atoms with Crippen LogP contribution < -0.4 is 24.8 Å². The molecule has 0 bridgehead atoms. The van der Waals surface area contributed by atoms with Crippen LogP contribution in [0.3, 0.4) is 0 Å². The largest absolute Gasteiger partial charge is 0.496 e. The van der Waals surface area contributed by atoms with Gasteiger partial charge in [0.1, 0.15) is 5.75 Å². The second-order valence-corrected chi connectivity index (χ2v) is 6.86. The van der Waals surface area contributed by atoms with Crippen LogP contribution in [0.2, 0.25) is 0 Å². The van der Waals surface area contributed by atoms with Gasteiger partial charge in [-0.15, -0.1) is 0 Å². The maximum atomic E-state index is 5.60. The molecular weight excluding hydrogens is 380 g/mol. The molecule has 164 valence electrons.